The number of alkyl halides is 3. The van der Waals surface area contributed by atoms with E-state index in [4.69, 9.17) is 0 Å². The van der Waals surface area contributed by atoms with E-state index in [1.165, 1.54) is 16.3 Å². The Bertz CT molecular complexity index is 651. The van der Waals surface area contributed by atoms with Gasteiger partial charge in [0.25, 0.3) is 0 Å². The molecule has 21 heavy (non-hydrogen) atoms. The number of imidazole rings is 1. The molecule has 0 unspecified atom stereocenters. The van der Waals surface area contributed by atoms with Crippen LogP contribution in [0.15, 0.2) is 41.5 Å². The predicted octanol–water partition coefficient (Wildman–Crippen LogP) is 3.38. The summed E-state index contributed by atoms with van der Waals surface area (Å²) in [5, 5.41) is 0. The first kappa shape index (κ1) is 15.4. The number of benzene rings is 1. The predicted molar refractivity (Wildman–Crippen MR) is 74.4 cm³/mol. The fraction of sp³-hybridized carbons (Fsp3) is 0.400. The molecular formula is C15H17F3N2O. The van der Waals surface area contributed by atoms with Crippen LogP contribution in [0, 0.1) is 0 Å². The van der Waals surface area contributed by atoms with Crippen molar-refractivity contribution in [1.82, 2.24) is 9.13 Å². The minimum absolute atomic E-state index is 0.266. The Morgan fingerprint density at radius 3 is 2.14 bits per heavy atom. The Hall–Kier alpha value is -1.98. The zero-order valence-corrected chi connectivity index (χ0v) is 11.9. The first-order valence-corrected chi connectivity index (χ1v) is 6.67. The summed E-state index contributed by atoms with van der Waals surface area (Å²) in [4.78, 5) is 11.9. The van der Waals surface area contributed by atoms with Gasteiger partial charge in [-0.1, -0.05) is 38.1 Å². The molecule has 2 rings (SSSR count). The lowest BCUT2D eigenvalue weighted by atomic mass is 10.0. The summed E-state index contributed by atoms with van der Waals surface area (Å²) >= 11 is 0. The van der Waals surface area contributed by atoms with Crippen LogP contribution >= 0.6 is 0 Å². The average Bonchev–Trinajstić information content (AvgIpc) is 2.70. The van der Waals surface area contributed by atoms with Crippen molar-refractivity contribution in [3.63, 3.8) is 0 Å². The van der Waals surface area contributed by atoms with Gasteiger partial charge in [0, 0.05) is 12.4 Å². The van der Waals surface area contributed by atoms with Crippen LogP contribution in [-0.4, -0.2) is 15.3 Å². The lowest BCUT2D eigenvalue weighted by Crippen LogP contribution is -2.29. The van der Waals surface area contributed by atoms with Crippen LogP contribution in [0.1, 0.15) is 30.9 Å². The van der Waals surface area contributed by atoms with Crippen LogP contribution in [0.4, 0.5) is 13.2 Å². The molecule has 1 aromatic carbocycles. The van der Waals surface area contributed by atoms with Crippen molar-refractivity contribution in [2.75, 3.05) is 0 Å². The number of halogens is 3. The highest BCUT2D eigenvalue weighted by atomic mass is 19.4. The molecule has 0 saturated heterocycles. The number of aromatic nitrogens is 2. The highest BCUT2D eigenvalue weighted by Gasteiger charge is 2.28. The molecule has 0 atom stereocenters. The fourth-order valence-electron chi connectivity index (χ4n) is 2.09. The van der Waals surface area contributed by atoms with Crippen molar-refractivity contribution in [1.29, 1.82) is 0 Å². The number of nitrogens with zero attached hydrogens (tertiary/aromatic N) is 2. The largest absolute Gasteiger partial charge is 0.406 e. The molecule has 1 heterocycles. The second kappa shape index (κ2) is 5.79. The van der Waals surface area contributed by atoms with E-state index < -0.39 is 18.4 Å². The summed E-state index contributed by atoms with van der Waals surface area (Å²) in [5.41, 5.74) is 1.41. The summed E-state index contributed by atoms with van der Waals surface area (Å²) in [6.45, 7) is 3.17. The third-order valence-electron chi connectivity index (χ3n) is 3.27. The molecule has 0 spiro atoms. The zero-order valence-electron chi connectivity index (χ0n) is 11.9. The van der Waals surface area contributed by atoms with E-state index in [0.29, 0.717) is 10.5 Å². The van der Waals surface area contributed by atoms with Crippen molar-refractivity contribution >= 4 is 0 Å². The van der Waals surface area contributed by atoms with Gasteiger partial charge in [0.2, 0.25) is 0 Å². The van der Waals surface area contributed by atoms with Gasteiger partial charge in [-0.05, 0) is 17.0 Å². The van der Waals surface area contributed by atoms with Gasteiger partial charge in [-0.25, -0.2) is 4.79 Å². The SMILES string of the molecule is CC(C)c1ccc(Cn2ccn(CC(F)(F)F)c2=O)cc1. The summed E-state index contributed by atoms with van der Waals surface area (Å²) < 4.78 is 38.9. The fourth-order valence-corrected chi connectivity index (χ4v) is 2.09. The molecule has 1 aromatic heterocycles. The lowest BCUT2D eigenvalue weighted by molar-refractivity contribution is -0.141. The second-order valence-electron chi connectivity index (χ2n) is 5.35. The molecule has 114 valence electrons. The molecule has 0 amide bonds. The molecule has 0 saturated carbocycles. The quantitative estimate of drug-likeness (QED) is 0.850. The van der Waals surface area contributed by atoms with Gasteiger partial charge < -0.3 is 0 Å². The minimum atomic E-state index is -4.39. The van der Waals surface area contributed by atoms with E-state index in [2.05, 4.69) is 13.8 Å². The molecule has 0 aliphatic rings. The molecular weight excluding hydrogens is 281 g/mol. The Kier molecular flexibility index (Phi) is 4.25. The topological polar surface area (TPSA) is 26.9 Å². The summed E-state index contributed by atoms with van der Waals surface area (Å²) in [5.74, 6) is 0.412. The number of rotatable bonds is 4. The van der Waals surface area contributed by atoms with E-state index in [1.807, 2.05) is 24.3 Å². The van der Waals surface area contributed by atoms with Gasteiger partial charge in [-0.15, -0.1) is 0 Å². The Morgan fingerprint density at radius 1 is 1.05 bits per heavy atom. The molecule has 0 aliphatic heterocycles. The van der Waals surface area contributed by atoms with Gasteiger partial charge in [-0.3, -0.25) is 9.13 Å². The Balaban J connectivity index is 2.15. The third-order valence-corrected chi connectivity index (χ3v) is 3.27. The molecule has 3 nitrogen and oxygen atoms in total. The monoisotopic (exact) mass is 298 g/mol. The zero-order chi connectivity index (χ0) is 15.6. The maximum Gasteiger partial charge on any atom is 0.406 e. The Morgan fingerprint density at radius 2 is 1.62 bits per heavy atom. The van der Waals surface area contributed by atoms with Crippen molar-refractivity contribution in [3.8, 4) is 0 Å². The molecule has 2 aromatic rings. The van der Waals surface area contributed by atoms with Gasteiger partial charge in [0.05, 0.1) is 6.54 Å². The highest BCUT2D eigenvalue weighted by Crippen LogP contribution is 2.17. The smallest absolute Gasteiger partial charge is 0.295 e. The standard InChI is InChI=1S/C15H17F3N2O/c1-11(2)13-5-3-12(4-6-13)9-19-7-8-20(14(19)21)10-15(16,17)18/h3-8,11H,9-10H2,1-2H3. The van der Waals surface area contributed by atoms with Gasteiger partial charge in [0.15, 0.2) is 0 Å². The molecule has 0 aliphatic carbocycles. The maximum absolute atomic E-state index is 12.3. The van der Waals surface area contributed by atoms with Gasteiger partial charge in [0.1, 0.15) is 6.54 Å². The highest BCUT2D eigenvalue weighted by molar-refractivity contribution is 5.24. The summed E-state index contributed by atoms with van der Waals surface area (Å²) in [7, 11) is 0. The first-order valence-electron chi connectivity index (χ1n) is 6.67. The van der Waals surface area contributed by atoms with Crippen molar-refractivity contribution in [2.24, 2.45) is 0 Å². The molecule has 0 fully saturated rings. The molecule has 0 radical (unpaired) electrons. The van der Waals surface area contributed by atoms with Crippen LogP contribution in [0.5, 0.6) is 0 Å². The third kappa shape index (κ3) is 4.00. The van der Waals surface area contributed by atoms with Crippen LogP contribution in [0.3, 0.4) is 0 Å². The second-order valence-corrected chi connectivity index (χ2v) is 5.35. The number of hydrogen-bond acceptors (Lipinski definition) is 1. The van der Waals surface area contributed by atoms with Crippen molar-refractivity contribution in [3.05, 3.63) is 58.3 Å². The average molecular weight is 298 g/mol. The van der Waals surface area contributed by atoms with E-state index >= 15 is 0 Å². The van der Waals surface area contributed by atoms with Crippen LogP contribution in [0.2, 0.25) is 0 Å². The molecule has 0 bridgehead atoms. The summed E-state index contributed by atoms with van der Waals surface area (Å²) in [6, 6.07) is 7.72. The first-order chi connectivity index (χ1) is 9.76. The minimum Gasteiger partial charge on any atom is -0.295 e. The van der Waals surface area contributed by atoms with E-state index in [-0.39, 0.29) is 6.54 Å². The van der Waals surface area contributed by atoms with Crippen molar-refractivity contribution in [2.45, 2.75) is 39.0 Å². The van der Waals surface area contributed by atoms with E-state index in [1.54, 1.807) is 0 Å². The van der Waals surface area contributed by atoms with Crippen molar-refractivity contribution < 1.29 is 13.2 Å². The van der Waals surface area contributed by atoms with Gasteiger partial charge in [-0.2, -0.15) is 13.2 Å². The molecule has 0 N–H and O–H groups in total. The number of hydrogen-bond donors (Lipinski definition) is 0. The van der Waals surface area contributed by atoms with Gasteiger partial charge >= 0.3 is 11.9 Å². The molecule has 6 heteroatoms. The maximum atomic E-state index is 12.3. The summed E-state index contributed by atoms with van der Waals surface area (Å²) in [6.07, 6.45) is -1.85. The van der Waals surface area contributed by atoms with Crippen LogP contribution in [0.25, 0.3) is 0 Å². The normalized spacial score (nSPS) is 12.1. The lowest BCUT2D eigenvalue weighted by Gasteiger charge is -2.08. The van der Waals surface area contributed by atoms with Crippen LogP contribution < -0.4 is 5.69 Å². The Labute approximate surface area is 120 Å². The van der Waals surface area contributed by atoms with Crippen LogP contribution in [-0.2, 0) is 13.1 Å². The van der Waals surface area contributed by atoms with E-state index in [0.717, 1.165) is 11.8 Å². The van der Waals surface area contributed by atoms with E-state index in [9.17, 15) is 18.0 Å².